The van der Waals surface area contributed by atoms with Gasteiger partial charge in [-0.25, -0.2) is 4.79 Å². The maximum Gasteiger partial charge on any atom is 0.375 e. The average Bonchev–Trinajstić information content (AvgIpc) is 1.98. The highest BCUT2D eigenvalue weighted by molar-refractivity contribution is 7.81. The zero-order valence-corrected chi connectivity index (χ0v) is 6.13. The van der Waals surface area contributed by atoms with Crippen molar-refractivity contribution in [2.45, 2.75) is 0 Å². The average molecular weight is 164 g/mol. The monoisotopic (exact) mass is 164 g/mol. The third-order valence-corrected chi connectivity index (χ3v) is 0.983. The van der Waals surface area contributed by atoms with Crippen LogP contribution in [-0.4, -0.2) is 35.8 Å². The number of aliphatic hydroxyl groups is 1. The van der Waals surface area contributed by atoms with Crippen molar-refractivity contribution in [1.82, 2.24) is 0 Å². The van der Waals surface area contributed by atoms with Gasteiger partial charge in [0.2, 0.25) is 5.78 Å². The van der Waals surface area contributed by atoms with E-state index >= 15 is 0 Å². The molecule has 0 aliphatic carbocycles. The molecule has 1 N–H and O–H groups in total. The molecule has 0 heterocycles. The summed E-state index contributed by atoms with van der Waals surface area (Å²) in [7, 11) is 0. The summed E-state index contributed by atoms with van der Waals surface area (Å²) in [5.74, 6) is -1.80. The zero-order valence-electron chi connectivity index (χ0n) is 5.24. The van der Waals surface area contributed by atoms with E-state index in [0.717, 1.165) is 0 Å². The van der Waals surface area contributed by atoms with Crippen LogP contribution in [0.1, 0.15) is 0 Å². The van der Waals surface area contributed by atoms with E-state index in [1.165, 1.54) is 0 Å². The van der Waals surface area contributed by atoms with Gasteiger partial charge < -0.3 is 9.84 Å². The van der Waals surface area contributed by atoms with E-state index in [0.29, 0.717) is 0 Å². The maximum absolute atomic E-state index is 10.4. The lowest BCUT2D eigenvalue weighted by Crippen LogP contribution is -2.19. The van der Waals surface area contributed by atoms with Gasteiger partial charge in [-0.1, -0.05) is 0 Å². The second kappa shape index (κ2) is 5.25. The van der Waals surface area contributed by atoms with E-state index in [1.54, 1.807) is 0 Å². The fourth-order valence-corrected chi connectivity index (χ4v) is 0.412. The second-order valence-electron chi connectivity index (χ2n) is 1.44. The quantitative estimate of drug-likeness (QED) is 0.318. The Bertz CT molecular complexity index is 134. The summed E-state index contributed by atoms with van der Waals surface area (Å²) < 4.78 is 4.26. The minimum atomic E-state index is -0.941. The van der Waals surface area contributed by atoms with Crippen molar-refractivity contribution < 1.29 is 19.4 Å². The Hall–Kier alpha value is -0.550. The van der Waals surface area contributed by atoms with Gasteiger partial charge in [-0.3, -0.25) is 4.79 Å². The van der Waals surface area contributed by atoms with Crippen LogP contribution in [0.3, 0.4) is 0 Å². The number of esters is 1. The third-order valence-electron chi connectivity index (χ3n) is 0.696. The van der Waals surface area contributed by atoms with Crippen molar-refractivity contribution in [2.75, 3.05) is 19.0 Å². The molecule has 0 aromatic rings. The molecule has 0 unspecified atom stereocenters. The van der Waals surface area contributed by atoms with Crippen molar-refractivity contribution in [2.24, 2.45) is 0 Å². The number of thiol groups is 1. The van der Waals surface area contributed by atoms with Gasteiger partial charge in [0.05, 0.1) is 12.4 Å². The normalized spacial score (nSPS) is 9.00. The first-order valence-electron chi connectivity index (χ1n) is 2.64. The van der Waals surface area contributed by atoms with Crippen LogP contribution in [0.5, 0.6) is 0 Å². The molecular formula is C5H8O4S. The Morgan fingerprint density at radius 3 is 2.50 bits per heavy atom. The van der Waals surface area contributed by atoms with Gasteiger partial charge >= 0.3 is 5.97 Å². The van der Waals surface area contributed by atoms with Crippen molar-refractivity contribution in [3.63, 3.8) is 0 Å². The minimum Gasteiger partial charge on any atom is -0.457 e. The van der Waals surface area contributed by atoms with E-state index in [4.69, 9.17) is 5.11 Å². The summed E-state index contributed by atoms with van der Waals surface area (Å²) in [5.41, 5.74) is 0. The molecule has 0 aliphatic rings. The van der Waals surface area contributed by atoms with Gasteiger partial charge in [-0.05, 0) is 0 Å². The van der Waals surface area contributed by atoms with Crippen LogP contribution in [-0.2, 0) is 14.3 Å². The largest absolute Gasteiger partial charge is 0.457 e. The summed E-state index contributed by atoms with van der Waals surface area (Å²) in [5, 5.41) is 8.16. The van der Waals surface area contributed by atoms with Gasteiger partial charge in [0.1, 0.15) is 6.61 Å². The molecule has 0 fully saturated rings. The molecule has 5 heteroatoms. The highest BCUT2D eigenvalue weighted by Gasteiger charge is 2.11. The van der Waals surface area contributed by atoms with Crippen LogP contribution in [0, 0.1) is 0 Å². The molecular weight excluding hydrogens is 156 g/mol. The van der Waals surface area contributed by atoms with Crippen LogP contribution >= 0.6 is 12.6 Å². The number of Topliss-reactive ketones (excluding diaryl/α,β-unsaturated/α-hetero) is 1. The van der Waals surface area contributed by atoms with Gasteiger partial charge in [0.25, 0.3) is 0 Å². The number of carbonyl (C=O) groups excluding carboxylic acids is 2. The SMILES string of the molecule is O=C(CS)C(=O)OCCO. The topological polar surface area (TPSA) is 63.6 Å². The molecule has 0 spiro atoms. The molecule has 0 amide bonds. The zero-order chi connectivity index (χ0) is 7.98. The second-order valence-corrected chi connectivity index (χ2v) is 1.76. The summed E-state index contributed by atoms with van der Waals surface area (Å²) >= 11 is 3.56. The Balaban J connectivity index is 3.52. The van der Waals surface area contributed by atoms with Crippen molar-refractivity contribution in [3.8, 4) is 0 Å². The van der Waals surface area contributed by atoms with E-state index in [2.05, 4.69) is 17.4 Å². The van der Waals surface area contributed by atoms with Crippen molar-refractivity contribution in [1.29, 1.82) is 0 Å². The lowest BCUT2D eigenvalue weighted by Gasteiger charge is -1.97. The predicted octanol–water partition coefficient (Wildman–Crippen LogP) is -0.979. The Morgan fingerprint density at radius 2 is 2.10 bits per heavy atom. The highest BCUT2D eigenvalue weighted by Crippen LogP contribution is 1.83. The molecule has 0 saturated heterocycles. The summed E-state index contributed by atoms with van der Waals surface area (Å²) in [4.78, 5) is 20.8. The van der Waals surface area contributed by atoms with Gasteiger partial charge in [0, 0.05) is 0 Å². The summed E-state index contributed by atoms with van der Waals surface area (Å²) in [6.45, 7) is -0.413. The van der Waals surface area contributed by atoms with Gasteiger partial charge in [-0.15, -0.1) is 0 Å². The first-order chi connectivity index (χ1) is 4.72. The number of hydrogen-bond donors (Lipinski definition) is 2. The van der Waals surface area contributed by atoms with E-state index < -0.39 is 11.8 Å². The fourth-order valence-electron chi connectivity index (χ4n) is 0.283. The number of carbonyl (C=O) groups is 2. The smallest absolute Gasteiger partial charge is 0.375 e. The molecule has 10 heavy (non-hydrogen) atoms. The number of ether oxygens (including phenoxy) is 1. The maximum atomic E-state index is 10.4. The molecule has 0 atom stereocenters. The molecule has 4 nitrogen and oxygen atoms in total. The van der Waals surface area contributed by atoms with Crippen molar-refractivity contribution in [3.05, 3.63) is 0 Å². The summed E-state index contributed by atoms with van der Waals surface area (Å²) in [6.07, 6.45) is 0. The number of aliphatic hydroxyl groups excluding tert-OH is 1. The van der Waals surface area contributed by atoms with Crippen LogP contribution in [0.2, 0.25) is 0 Å². The number of ketones is 1. The Labute approximate surface area is 63.6 Å². The van der Waals surface area contributed by atoms with Crippen LogP contribution < -0.4 is 0 Å². The standard InChI is InChI=1S/C5H8O4S/c6-1-2-9-5(8)4(7)3-10/h6,10H,1-3H2. The predicted molar refractivity (Wildman–Crippen MR) is 36.9 cm³/mol. The molecule has 0 aromatic carbocycles. The molecule has 0 aromatic heterocycles. The van der Waals surface area contributed by atoms with Gasteiger partial charge in [0.15, 0.2) is 0 Å². The fraction of sp³-hybridized carbons (Fsp3) is 0.600. The van der Waals surface area contributed by atoms with Crippen LogP contribution in [0.4, 0.5) is 0 Å². The number of hydrogen-bond acceptors (Lipinski definition) is 5. The lowest BCUT2D eigenvalue weighted by molar-refractivity contribution is -0.153. The minimum absolute atomic E-state index is 0.141. The Morgan fingerprint density at radius 1 is 1.50 bits per heavy atom. The highest BCUT2D eigenvalue weighted by atomic mass is 32.1. The molecule has 0 bridgehead atoms. The Kier molecular flexibility index (Phi) is 4.96. The van der Waals surface area contributed by atoms with Crippen LogP contribution in [0.15, 0.2) is 0 Å². The van der Waals surface area contributed by atoms with E-state index in [1.807, 2.05) is 0 Å². The van der Waals surface area contributed by atoms with Crippen molar-refractivity contribution >= 4 is 24.4 Å². The van der Waals surface area contributed by atoms with E-state index in [-0.39, 0.29) is 19.0 Å². The van der Waals surface area contributed by atoms with E-state index in [9.17, 15) is 9.59 Å². The molecule has 0 radical (unpaired) electrons. The lowest BCUT2D eigenvalue weighted by atomic mass is 10.5. The molecule has 0 rings (SSSR count). The molecule has 0 saturated carbocycles. The summed E-state index contributed by atoms with van der Waals surface area (Å²) in [6, 6.07) is 0. The van der Waals surface area contributed by atoms with Gasteiger partial charge in [-0.2, -0.15) is 12.6 Å². The molecule has 58 valence electrons. The van der Waals surface area contributed by atoms with Crippen LogP contribution in [0.25, 0.3) is 0 Å². The molecule has 0 aliphatic heterocycles. The number of rotatable bonds is 4. The first-order valence-corrected chi connectivity index (χ1v) is 3.27. The third kappa shape index (κ3) is 3.47. The first kappa shape index (κ1) is 9.45.